The van der Waals surface area contributed by atoms with Crippen LogP contribution in [0.5, 0.6) is 0 Å². The molecule has 0 spiro atoms. The Morgan fingerprint density at radius 2 is 2.24 bits per heavy atom. The van der Waals surface area contributed by atoms with E-state index in [1.54, 1.807) is 31.2 Å². The standard InChI is InChI=1S/C13H13ClN4O3/c1-16(7-9-6-15-17(2)8-9)13(19)10-4-3-5-11(14)12(10)18(20)21/h3-6,8H,7H2,1-2H3. The minimum Gasteiger partial charge on any atom is -0.337 e. The molecule has 1 aromatic heterocycles. The highest BCUT2D eigenvalue weighted by Gasteiger charge is 2.25. The summed E-state index contributed by atoms with van der Waals surface area (Å²) in [5.74, 6) is -0.465. The summed E-state index contributed by atoms with van der Waals surface area (Å²) in [6.45, 7) is 0.302. The topological polar surface area (TPSA) is 81.3 Å². The van der Waals surface area contributed by atoms with Crippen LogP contribution < -0.4 is 0 Å². The van der Waals surface area contributed by atoms with Gasteiger partial charge in [-0.25, -0.2) is 0 Å². The SMILES string of the molecule is CN(Cc1cnn(C)c1)C(=O)c1cccc(Cl)c1[N+](=O)[O-]. The van der Waals surface area contributed by atoms with E-state index in [1.165, 1.54) is 23.1 Å². The van der Waals surface area contributed by atoms with E-state index < -0.39 is 10.8 Å². The molecule has 2 rings (SSSR count). The number of rotatable bonds is 4. The van der Waals surface area contributed by atoms with Crippen molar-refractivity contribution in [3.05, 3.63) is 56.9 Å². The van der Waals surface area contributed by atoms with Crippen molar-refractivity contribution >= 4 is 23.2 Å². The molecule has 8 heteroatoms. The second-order valence-corrected chi connectivity index (χ2v) is 4.98. The maximum atomic E-state index is 12.4. The van der Waals surface area contributed by atoms with E-state index in [2.05, 4.69) is 5.10 Å². The maximum Gasteiger partial charge on any atom is 0.300 e. The number of nitrogens with zero attached hydrogens (tertiary/aromatic N) is 4. The molecule has 0 unspecified atom stereocenters. The summed E-state index contributed by atoms with van der Waals surface area (Å²) in [7, 11) is 3.34. The number of nitro groups is 1. The number of aromatic nitrogens is 2. The summed E-state index contributed by atoms with van der Waals surface area (Å²) in [5, 5.41) is 15.0. The summed E-state index contributed by atoms with van der Waals surface area (Å²) in [5.41, 5.74) is 0.430. The van der Waals surface area contributed by atoms with Crippen LogP contribution in [0, 0.1) is 10.1 Å². The zero-order valence-electron chi connectivity index (χ0n) is 11.5. The molecule has 1 amide bonds. The van der Waals surface area contributed by atoms with Crippen molar-refractivity contribution in [3.63, 3.8) is 0 Å². The number of amides is 1. The Hall–Kier alpha value is -2.41. The molecule has 0 saturated carbocycles. The van der Waals surface area contributed by atoms with Gasteiger partial charge in [0, 0.05) is 32.4 Å². The van der Waals surface area contributed by atoms with Crippen molar-refractivity contribution in [2.45, 2.75) is 6.54 Å². The molecule has 0 fully saturated rings. The van der Waals surface area contributed by atoms with Gasteiger partial charge in [-0.15, -0.1) is 0 Å². The summed E-state index contributed by atoms with van der Waals surface area (Å²) in [4.78, 5) is 24.2. The van der Waals surface area contributed by atoms with E-state index in [0.29, 0.717) is 6.54 Å². The number of aryl methyl sites for hydroxylation is 1. The van der Waals surface area contributed by atoms with Crippen molar-refractivity contribution < 1.29 is 9.72 Å². The zero-order valence-corrected chi connectivity index (χ0v) is 12.2. The Balaban J connectivity index is 2.27. The molecule has 0 aliphatic heterocycles. The Labute approximate surface area is 125 Å². The number of hydrogen-bond acceptors (Lipinski definition) is 4. The van der Waals surface area contributed by atoms with Crippen LogP contribution in [0.2, 0.25) is 5.02 Å². The van der Waals surface area contributed by atoms with E-state index in [1.807, 2.05) is 0 Å². The first-order valence-corrected chi connectivity index (χ1v) is 6.44. The lowest BCUT2D eigenvalue weighted by atomic mass is 10.1. The molecule has 110 valence electrons. The van der Waals surface area contributed by atoms with Crippen LogP contribution in [-0.4, -0.2) is 32.6 Å². The van der Waals surface area contributed by atoms with Gasteiger partial charge in [0.2, 0.25) is 0 Å². The van der Waals surface area contributed by atoms with Crippen LogP contribution >= 0.6 is 11.6 Å². The monoisotopic (exact) mass is 308 g/mol. The lowest BCUT2D eigenvalue weighted by molar-refractivity contribution is -0.385. The van der Waals surface area contributed by atoms with E-state index in [4.69, 9.17) is 11.6 Å². The summed E-state index contributed by atoms with van der Waals surface area (Å²) in [6, 6.07) is 4.30. The second kappa shape index (κ2) is 5.92. The highest BCUT2D eigenvalue weighted by Crippen LogP contribution is 2.29. The van der Waals surface area contributed by atoms with Gasteiger partial charge < -0.3 is 4.90 Å². The summed E-state index contributed by atoms with van der Waals surface area (Å²) in [6.07, 6.45) is 3.41. The Kier molecular flexibility index (Phi) is 4.23. The van der Waals surface area contributed by atoms with Gasteiger partial charge in [0.25, 0.3) is 5.91 Å². The second-order valence-electron chi connectivity index (χ2n) is 4.58. The van der Waals surface area contributed by atoms with E-state index in [-0.39, 0.29) is 16.3 Å². The fraction of sp³-hybridized carbons (Fsp3) is 0.231. The number of carbonyl (C=O) groups excluding carboxylic acids is 1. The van der Waals surface area contributed by atoms with E-state index in [9.17, 15) is 14.9 Å². The van der Waals surface area contributed by atoms with Crippen LogP contribution in [0.1, 0.15) is 15.9 Å². The van der Waals surface area contributed by atoms with Gasteiger partial charge in [0.15, 0.2) is 0 Å². The number of para-hydroxylation sites is 1. The zero-order chi connectivity index (χ0) is 15.6. The predicted molar refractivity (Wildman–Crippen MR) is 77.1 cm³/mol. The molecule has 0 aliphatic rings. The molecule has 21 heavy (non-hydrogen) atoms. The van der Waals surface area contributed by atoms with Gasteiger partial charge in [-0.05, 0) is 12.1 Å². The van der Waals surface area contributed by atoms with Crippen LogP contribution in [-0.2, 0) is 13.6 Å². The Bertz CT molecular complexity index is 698. The van der Waals surface area contributed by atoms with Crippen molar-refractivity contribution in [3.8, 4) is 0 Å². The Morgan fingerprint density at radius 3 is 2.81 bits per heavy atom. The van der Waals surface area contributed by atoms with Gasteiger partial charge in [0.05, 0.1) is 11.1 Å². The molecule has 0 radical (unpaired) electrons. The van der Waals surface area contributed by atoms with Gasteiger partial charge in [-0.2, -0.15) is 5.10 Å². The molecule has 0 aliphatic carbocycles. The third kappa shape index (κ3) is 3.19. The first kappa shape index (κ1) is 15.0. The molecule has 0 bridgehead atoms. The van der Waals surface area contributed by atoms with Gasteiger partial charge >= 0.3 is 5.69 Å². The molecule has 1 heterocycles. The highest BCUT2D eigenvalue weighted by atomic mass is 35.5. The highest BCUT2D eigenvalue weighted by molar-refractivity contribution is 6.33. The minimum atomic E-state index is -0.645. The number of halogens is 1. The average molecular weight is 309 g/mol. The first-order valence-electron chi connectivity index (χ1n) is 6.06. The van der Waals surface area contributed by atoms with Crippen molar-refractivity contribution in [1.29, 1.82) is 0 Å². The number of benzene rings is 1. The van der Waals surface area contributed by atoms with Crippen molar-refractivity contribution in [2.24, 2.45) is 7.05 Å². The molecule has 0 atom stereocenters. The molecular formula is C13H13ClN4O3. The van der Waals surface area contributed by atoms with Crippen molar-refractivity contribution in [1.82, 2.24) is 14.7 Å². The fourth-order valence-corrected chi connectivity index (χ4v) is 2.22. The van der Waals surface area contributed by atoms with Crippen molar-refractivity contribution in [2.75, 3.05) is 7.05 Å². The number of nitro benzene ring substituents is 1. The van der Waals surface area contributed by atoms with Crippen LogP contribution in [0.15, 0.2) is 30.6 Å². The van der Waals surface area contributed by atoms with Crippen LogP contribution in [0.4, 0.5) is 5.69 Å². The van der Waals surface area contributed by atoms with Gasteiger partial charge in [0.1, 0.15) is 10.6 Å². The molecule has 2 aromatic rings. The van der Waals surface area contributed by atoms with Gasteiger partial charge in [-0.1, -0.05) is 17.7 Å². The fourth-order valence-electron chi connectivity index (χ4n) is 1.98. The minimum absolute atomic E-state index is 0.0288. The molecule has 0 N–H and O–H groups in total. The average Bonchev–Trinajstić information content (AvgIpc) is 2.82. The third-order valence-electron chi connectivity index (χ3n) is 2.92. The molecule has 1 aromatic carbocycles. The third-order valence-corrected chi connectivity index (χ3v) is 3.23. The normalized spacial score (nSPS) is 10.4. The smallest absolute Gasteiger partial charge is 0.300 e. The Morgan fingerprint density at radius 1 is 1.52 bits per heavy atom. The quantitative estimate of drug-likeness (QED) is 0.641. The number of hydrogen-bond donors (Lipinski definition) is 0. The molecule has 0 saturated heterocycles. The van der Waals surface area contributed by atoms with Gasteiger partial charge in [-0.3, -0.25) is 19.6 Å². The van der Waals surface area contributed by atoms with E-state index in [0.717, 1.165) is 5.56 Å². The van der Waals surface area contributed by atoms with E-state index >= 15 is 0 Å². The molecule has 7 nitrogen and oxygen atoms in total. The largest absolute Gasteiger partial charge is 0.337 e. The first-order chi connectivity index (χ1) is 9.90. The summed E-state index contributed by atoms with van der Waals surface area (Å²) < 4.78 is 1.62. The maximum absolute atomic E-state index is 12.4. The summed E-state index contributed by atoms with van der Waals surface area (Å²) >= 11 is 5.81. The van der Waals surface area contributed by atoms with Crippen LogP contribution in [0.3, 0.4) is 0 Å². The molecular weight excluding hydrogens is 296 g/mol. The number of carbonyl (C=O) groups is 1. The lowest BCUT2D eigenvalue weighted by Gasteiger charge is -2.16. The lowest BCUT2D eigenvalue weighted by Crippen LogP contribution is -2.26. The predicted octanol–water partition coefficient (Wildman–Crippen LogP) is 2.25. The van der Waals surface area contributed by atoms with Crippen LogP contribution in [0.25, 0.3) is 0 Å².